The molecule has 1 amide bonds. The lowest BCUT2D eigenvalue weighted by Gasteiger charge is -2.63. The maximum Gasteiger partial charge on any atom is 0.241 e. The Morgan fingerprint density at radius 1 is 1.10 bits per heavy atom. The molecule has 1 saturated heterocycles. The zero-order chi connectivity index (χ0) is 37.4. The molecule has 3 saturated carbocycles. The largest absolute Gasteiger partial charge is 0.495 e. The van der Waals surface area contributed by atoms with Crippen LogP contribution in [0.1, 0.15) is 63.0 Å². The molecule has 278 valence electrons. The minimum absolute atomic E-state index is 0.0243. The van der Waals surface area contributed by atoms with Gasteiger partial charge in [0.1, 0.15) is 18.5 Å². The zero-order valence-corrected chi connectivity index (χ0v) is 30.0. The van der Waals surface area contributed by atoms with Gasteiger partial charge in [0, 0.05) is 22.3 Å². The highest BCUT2D eigenvalue weighted by Gasteiger charge is 2.80. The van der Waals surface area contributed by atoms with Gasteiger partial charge in [0.25, 0.3) is 0 Å². The molecule has 5 aliphatic rings. The molecule has 2 aromatic carbocycles. The number of hydrogen-bond acceptors (Lipinski definition) is 9. The molecule has 4 N–H and O–H groups in total. The van der Waals surface area contributed by atoms with Gasteiger partial charge in [0.15, 0.2) is 29.1 Å². The number of nitrogens with one attached hydrogen (secondary N) is 2. The molecule has 4 fully saturated rings. The molecule has 12 heteroatoms. The topological polar surface area (TPSA) is 143 Å². The second kappa shape index (κ2) is 12.9. The van der Waals surface area contributed by atoms with Crippen LogP contribution in [0.25, 0.3) is 0 Å². The second-order valence-corrected chi connectivity index (χ2v) is 15.4. The summed E-state index contributed by atoms with van der Waals surface area (Å²) in [6.45, 7) is 4.20. The number of likely N-dealkylation sites (N-methyl/N-ethyl adjacent to an activating group) is 1. The van der Waals surface area contributed by atoms with Gasteiger partial charge in [-0.2, -0.15) is 0 Å². The average molecular weight is 721 g/mol. The Hall–Kier alpha value is -3.81. The molecule has 1 heterocycles. The number of ether oxygens (including phenoxy) is 3. The Morgan fingerprint density at radius 2 is 1.81 bits per heavy atom. The van der Waals surface area contributed by atoms with E-state index in [1.54, 1.807) is 34.1 Å². The summed E-state index contributed by atoms with van der Waals surface area (Å²) in [5.41, 5.74) is -3.66. The van der Waals surface area contributed by atoms with Crippen LogP contribution in [0.4, 0.5) is 14.5 Å². The molecule has 2 aromatic rings. The van der Waals surface area contributed by atoms with E-state index in [9.17, 15) is 24.6 Å². The summed E-state index contributed by atoms with van der Waals surface area (Å²) in [4.78, 5) is 38.4. The summed E-state index contributed by atoms with van der Waals surface area (Å²) in [5, 5.41) is 27.8. The van der Waals surface area contributed by atoms with E-state index >= 15 is 8.78 Å². The van der Waals surface area contributed by atoms with Crippen molar-refractivity contribution in [2.75, 3.05) is 26.1 Å². The summed E-state index contributed by atoms with van der Waals surface area (Å²) in [7, 11) is 3.25. The molecule has 1 unspecified atom stereocenters. The van der Waals surface area contributed by atoms with E-state index < -0.39 is 76.8 Å². The highest BCUT2D eigenvalue weighted by molar-refractivity contribution is 6.01. The van der Waals surface area contributed by atoms with Crippen LogP contribution >= 0.6 is 0 Å². The maximum absolute atomic E-state index is 17.7. The van der Waals surface area contributed by atoms with Crippen molar-refractivity contribution in [2.24, 2.45) is 22.7 Å². The molecule has 7 rings (SSSR count). The summed E-state index contributed by atoms with van der Waals surface area (Å²) in [6.07, 6.45) is -1.09. The van der Waals surface area contributed by atoms with Crippen LogP contribution in [0.3, 0.4) is 0 Å². The molecule has 11 atom stereocenters. The maximum atomic E-state index is 17.7. The first kappa shape index (κ1) is 36.5. The standard InChI is InChI=1S/C40H46F2N2O8/c1-21(43-4)35(49)44-30-11-8-23(15-31(30)50-5)14-22-6-9-24(10-7-22)36-51-34-18-26-27-17-29(41)28-16-25(46)12-13-37(28,2)39(27,42)32(47)19-38(26,3)40(34,52-36)33(48)20-45/h6-13,15-16,21,26-27,29,32,34,36,43,45,47H,14,17-20H2,1-5H3,(H,44,49)/t21-,26?,27-,29-,32-,34+,36+,37-,38-,39-,40+/m0/s1. The fraction of sp³-hybridized carbons (Fsp3) is 0.525. The normalized spacial score (nSPS) is 38.0. The summed E-state index contributed by atoms with van der Waals surface area (Å²) >= 11 is 0. The number of allylic oxidation sites excluding steroid dienone is 4. The number of amides is 1. The zero-order valence-electron chi connectivity index (χ0n) is 30.0. The van der Waals surface area contributed by atoms with Gasteiger partial charge >= 0.3 is 0 Å². The number of benzene rings is 2. The van der Waals surface area contributed by atoms with Crippen LogP contribution in [0, 0.1) is 22.7 Å². The number of carbonyl (C=O) groups is 3. The second-order valence-electron chi connectivity index (χ2n) is 15.4. The van der Waals surface area contributed by atoms with E-state index in [0.717, 1.165) is 17.2 Å². The average Bonchev–Trinajstić information content (AvgIpc) is 3.63. The van der Waals surface area contributed by atoms with Crippen molar-refractivity contribution >= 4 is 23.2 Å². The first-order valence-corrected chi connectivity index (χ1v) is 17.8. The molecule has 4 aliphatic carbocycles. The number of hydrogen-bond donors (Lipinski definition) is 4. The van der Waals surface area contributed by atoms with Gasteiger partial charge in [-0.15, -0.1) is 0 Å². The lowest BCUT2D eigenvalue weighted by molar-refractivity contribution is -0.235. The minimum atomic E-state index is -2.32. The Kier molecular flexibility index (Phi) is 9.10. The lowest BCUT2D eigenvalue weighted by atomic mass is 9.44. The molecule has 0 aromatic heterocycles. The number of carbonyl (C=O) groups excluding carboxylic acids is 3. The molecular weight excluding hydrogens is 674 g/mol. The van der Waals surface area contributed by atoms with Crippen LogP contribution in [0.5, 0.6) is 5.75 Å². The molecule has 1 aliphatic heterocycles. The minimum Gasteiger partial charge on any atom is -0.495 e. The van der Waals surface area contributed by atoms with E-state index in [1.807, 2.05) is 36.4 Å². The highest BCUT2D eigenvalue weighted by Crippen LogP contribution is 2.72. The molecule has 10 nitrogen and oxygen atoms in total. The van der Waals surface area contributed by atoms with E-state index in [1.165, 1.54) is 19.1 Å². The summed E-state index contributed by atoms with van der Waals surface area (Å²) in [5.74, 6) is -2.36. The van der Waals surface area contributed by atoms with E-state index in [2.05, 4.69) is 10.6 Å². The van der Waals surface area contributed by atoms with E-state index in [4.69, 9.17) is 14.2 Å². The van der Waals surface area contributed by atoms with Crippen LogP contribution in [0.2, 0.25) is 0 Å². The number of fused-ring (bicyclic) bond motifs is 7. The summed E-state index contributed by atoms with van der Waals surface area (Å²) < 4.78 is 52.1. The molecule has 0 radical (unpaired) electrons. The number of methoxy groups -OCH3 is 1. The first-order chi connectivity index (χ1) is 24.7. The third kappa shape index (κ3) is 5.16. The number of alkyl halides is 2. The number of ketones is 2. The summed E-state index contributed by atoms with van der Waals surface area (Å²) in [6, 6.07) is 12.7. The van der Waals surface area contributed by atoms with Gasteiger partial charge in [-0.3, -0.25) is 14.4 Å². The fourth-order valence-electron chi connectivity index (χ4n) is 10.1. The van der Waals surface area contributed by atoms with Crippen molar-refractivity contribution in [1.82, 2.24) is 5.32 Å². The van der Waals surface area contributed by atoms with Crippen molar-refractivity contribution in [3.63, 3.8) is 0 Å². The van der Waals surface area contributed by atoms with Gasteiger partial charge in [-0.25, -0.2) is 8.78 Å². The van der Waals surface area contributed by atoms with E-state index in [-0.39, 0.29) is 36.8 Å². The Labute approximate surface area is 301 Å². The van der Waals surface area contributed by atoms with Crippen LogP contribution < -0.4 is 15.4 Å². The highest BCUT2D eigenvalue weighted by atomic mass is 19.1. The quantitative estimate of drug-likeness (QED) is 0.295. The molecular formula is C40H46F2N2O8. The van der Waals surface area contributed by atoms with Gasteiger partial charge in [-0.05, 0) is 93.5 Å². The number of aliphatic hydroxyl groups is 2. The van der Waals surface area contributed by atoms with E-state index in [0.29, 0.717) is 23.4 Å². The Bertz CT molecular complexity index is 1850. The number of anilines is 1. The Balaban J connectivity index is 1.13. The third-order valence-electron chi connectivity index (χ3n) is 12.9. The first-order valence-electron chi connectivity index (χ1n) is 17.8. The fourth-order valence-corrected chi connectivity index (χ4v) is 10.1. The molecule has 52 heavy (non-hydrogen) atoms. The smallest absolute Gasteiger partial charge is 0.241 e. The van der Waals surface area contributed by atoms with Gasteiger partial charge in [0.2, 0.25) is 5.91 Å². The SMILES string of the molecule is CN[C@@H](C)C(=O)Nc1ccc(Cc2ccc([C@@H]3O[C@@H]4CC5[C@@H]6C[C@H](F)C7=CC(=O)C=C[C@]7(C)[C@@]6(F)[C@@H](O)C[C@]5(C)[C@]4(C(=O)CO)O3)cc2)cc1OC. The third-order valence-corrected chi connectivity index (χ3v) is 12.9. The molecule has 0 bridgehead atoms. The monoisotopic (exact) mass is 720 g/mol. The lowest BCUT2D eigenvalue weighted by Crippen LogP contribution is -2.70. The van der Waals surface area contributed by atoms with Crippen molar-refractivity contribution < 1.29 is 47.6 Å². The van der Waals surface area contributed by atoms with Crippen molar-refractivity contribution in [2.45, 2.75) is 88.4 Å². The van der Waals surface area contributed by atoms with Gasteiger partial charge < -0.3 is 35.1 Å². The number of rotatable bonds is 9. The van der Waals surface area contributed by atoms with Crippen LogP contribution in [-0.2, 0) is 30.3 Å². The van der Waals surface area contributed by atoms with Gasteiger partial charge in [0.05, 0.1) is 31.0 Å². The van der Waals surface area contributed by atoms with Crippen molar-refractivity contribution in [3.8, 4) is 5.75 Å². The van der Waals surface area contributed by atoms with Crippen LogP contribution in [0.15, 0.2) is 66.3 Å². The Morgan fingerprint density at radius 3 is 2.48 bits per heavy atom. The number of aliphatic hydroxyl groups excluding tert-OH is 2. The van der Waals surface area contributed by atoms with Crippen molar-refractivity contribution in [1.29, 1.82) is 0 Å². The number of Topliss-reactive ketones (excluding diaryl/α,β-unsaturated/α-hetero) is 1. The van der Waals surface area contributed by atoms with Crippen molar-refractivity contribution in [3.05, 3.63) is 83.0 Å². The van der Waals surface area contributed by atoms with Crippen LogP contribution in [-0.4, -0.2) is 84.1 Å². The molecule has 0 spiro atoms. The number of halogens is 2. The van der Waals surface area contributed by atoms with Gasteiger partial charge in [-0.1, -0.05) is 43.3 Å². The predicted octanol–water partition coefficient (Wildman–Crippen LogP) is 4.48. The predicted molar refractivity (Wildman–Crippen MR) is 187 cm³/mol.